The predicted molar refractivity (Wildman–Crippen MR) is 83.9 cm³/mol. The van der Waals surface area contributed by atoms with Gasteiger partial charge in [0, 0.05) is 32.3 Å². The summed E-state index contributed by atoms with van der Waals surface area (Å²) in [5, 5.41) is 3.32. The maximum atomic E-state index is 5.75. The number of ether oxygens (including phenoxy) is 1. The van der Waals surface area contributed by atoms with Crippen molar-refractivity contribution in [2.75, 3.05) is 33.4 Å². The third-order valence-corrected chi connectivity index (χ3v) is 3.88. The molecule has 0 saturated carbocycles. The Kier molecular flexibility index (Phi) is 6.02. The van der Waals surface area contributed by atoms with E-state index in [2.05, 4.69) is 48.3 Å². The fourth-order valence-electron chi connectivity index (χ4n) is 2.84. The summed E-state index contributed by atoms with van der Waals surface area (Å²) in [6.07, 6.45) is 1.14. The van der Waals surface area contributed by atoms with Crippen LogP contribution in [0.5, 0.6) is 0 Å². The van der Waals surface area contributed by atoms with Crippen molar-refractivity contribution in [2.45, 2.75) is 32.9 Å². The van der Waals surface area contributed by atoms with E-state index in [4.69, 9.17) is 4.74 Å². The molecule has 1 aromatic rings. The Morgan fingerprint density at radius 1 is 1.30 bits per heavy atom. The van der Waals surface area contributed by atoms with Crippen molar-refractivity contribution >= 4 is 0 Å². The number of likely N-dealkylation sites (N-methyl/N-ethyl adjacent to an activating group) is 1. The molecular formula is C17H28N2O. The summed E-state index contributed by atoms with van der Waals surface area (Å²) in [5.74, 6) is 0.616. The van der Waals surface area contributed by atoms with Crippen LogP contribution in [0.4, 0.5) is 0 Å². The van der Waals surface area contributed by atoms with Crippen LogP contribution in [0.15, 0.2) is 24.3 Å². The molecule has 0 spiro atoms. The second-order valence-electron chi connectivity index (χ2n) is 6.12. The lowest BCUT2D eigenvalue weighted by atomic mass is 9.94. The van der Waals surface area contributed by atoms with Gasteiger partial charge >= 0.3 is 0 Å². The first-order chi connectivity index (χ1) is 9.70. The van der Waals surface area contributed by atoms with Crippen molar-refractivity contribution < 1.29 is 4.74 Å². The molecule has 112 valence electrons. The molecular weight excluding hydrogens is 248 g/mol. The highest BCUT2D eigenvalue weighted by Gasteiger charge is 2.24. The molecule has 0 saturated heterocycles. The van der Waals surface area contributed by atoms with Crippen LogP contribution in [0, 0.1) is 5.92 Å². The van der Waals surface area contributed by atoms with E-state index in [0.29, 0.717) is 12.0 Å². The Morgan fingerprint density at radius 2 is 2.05 bits per heavy atom. The van der Waals surface area contributed by atoms with E-state index in [1.165, 1.54) is 11.1 Å². The van der Waals surface area contributed by atoms with Crippen LogP contribution in [-0.4, -0.2) is 44.3 Å². The quantitative estimate of drug-likeness (QED) is 0.774. The maximum Gasteiger partial charge on any atom is 0.0593 e. The molecule has 0 aliphatic carbocycles. The first-order valence-electron chi connectivity index (χ1n) is 7.74. The van der Waals surface area contributed by atoms with Gasteiger partial charge < -0.3 is 10.1 Å². The van der Waals surface area contributed by atoms with Crippen LogP contribution in [0.1, 0.15) is 25.0 Å². The van der Waals surface area contributed by atoms with Crippen molar-refractivity contribution in [1.82, 2.24) is 10.2 Å². The third kappa shape index (κ3) is 4.30. The lowest BCUT2D eigenvalue weighted by Crippen LogP contribution is -2.47. The normalized spacial score (nSPS) is 19.3. The lowest BCUT2D eigenvalue weighted by Gasteiger charge is -2.37. The number of nitrogens with zero attached hydrogens (tertiary/aromatic N) is 1. The maximum absolute atomic E-state index is 5.75. The zero-order chi connectivity index (χ0) is 14.4. The molecule has 3 heteroatoms. The Morgan fingerprint density at radius 3 is 2.75 bits per heavy atom. The molecule has 1 aromatic carbocycles. The van der Waals surface area contributed by atoms with E-state index in [1.54, 1.807) is 0 Å². The van der Waals surface area contributed by atoms with Crippen LogP contribution < -0.4 is 5.32 Å². The van der Waals surface area contributed by atoms with Gasteiger partial charge in [0.25, 0.3) is 0 Å². The highest BCUT2D eigenvalue weighted by molar-refractivity contribution is 5.30. The summed E-state index contributed by atoms with van der Waals surface area (Å²) in [6, 6.07) is 9.40. The highest BCUT2D eigenvalue weighted by atomic mass is 16.5. The first kappa shape index (κ1) is 15.5. The Labute approximate surface area is 123 Å². The molecule has 1 aliphatic rings. The van der Waals surface area contributed by atoms with E-state index in [1.807, 2.05) is 7.05 Å². The topological polar surface area (TPSA) is 24.5 Å². The molecule has 1 heterocycles. The molecule has 0 radical (unpaired) electrons. The van der Waals surface area contributed by atoms with Gasteiger partial charge in [0.1, 0.15) is 0 Å². The van der Waals surface area contributed by atoms with Gasteiger partial charge in [-0.3, -0.25) is 4.90 Å². The molecule has 0 fully saturated rings. The lowest BCUT2D eigenvalue weighted by molar-refractivity contribution is 0.0651. The van der Waals surface area contributed by atoms with Crippen LogP contribution in [0.3, 0.4) is 0 Å². The number of nitrogens with one attached hydrogen (secondary N) is 1. The van der Waals surface area contributed by atoms with Crippen LogP contribution in [0.25, 0.3) is 0 Å². The Balaban J connectivity index is 1.92. The average molecular weight is 276 g/mol. The molecule has 1 unspecified atom stereocenters. The van der Waals surface area contributed by atoms with Crippen LogP contribution in [0.2, 0.25) is 0 Å². The average Bonchev–Trinajstić information content (AvgIpc) is 2.44. The largest absolute Gasteiger partial charge is 0.380 e. The van der Waals surface area contributed by atoms with Crippen molar-refractivity contribution in [3.63, 3.8) is 0 Å². The number of fused-ring (bicyclic) bond motifs is 1. The molecule has 2 rings (SSSR count). The van der Waals surface area contributed by atoms with E-state index in [0.717, 1.165) is 39.3 Å². The zero-order valence-corrected chi connectivity index (χ0v) is 13.1. The standard InChI is InChI=1S/C17H28N2O/c1-14(2)13-20-9-8-19-12-16-7-5-4-6-15(16)10-17(19)11-18-3/h4-7,14,17-18H,8-13H2,1-3H3. The molecule has 0 amide bonds. The van der Waals surface area contributed by atoms with Gasteiger partial charge in [-0.2, -0.15) is 0 Å². The second kappa shape index (κ2) is 7.77. The summed E-state index contributed by atoms with van der Waals surface area (Å²) in [6.45, 7) is 9.20. The summed E-state index contributed by atoms with van der Waals surface area (Å²) < 4.78 is 5.75. The molecule has 1 N–H and O–H groups in total. The fraction of sp³-hybridized carbons (Fsp3) is 0.647. The minimum absolute atomic E-state index is 0.581. The Hall–Kier alpha value is -0.900. The number of rotatable bonds is 7. The molecule has 3 nitrogen and oxygen atoms in total. The minimum atomic E-state index is 0.581. The van der Waals surface area contributed by atoms with Crippen molar-refractivity contribution in [3.8, 4) is 0 Å². The highest BCUT2D eigenvalue weighted by Crippen LogP contribution is 2.22. The number of benzene rings is 1. The molecule has 0 aromatic heterocycles. The SMILES string of the molecule is CNCC1Cc2ccccc2CN1CCOCC(C)C. The van der Waals surface area contributed by atoms with Gasteiger partial charge in [-0.1, -0.05) is 38.1 Å². The molecule has 0 bridgehead atoms. The fourth-order valence-corrected chi connectivity index (χ4v) is 2.84. The third-order valence-electron chi connectivity index (χ3n) is 3.88. The van der Waals surface area contributed by atoms with E-state index >= 15 is 0 Å². The molecule has 1 aliphatic heterocycles. The smallest absolute Gasteiger partial charge is 0.0593 e. The molecule has 1 atom stereocenters. The van der Waals surface area contributed by atoms with Crippen molar-refractivity contribution in [3.05, 3.63) is 35.4 Å². The van der Waals surface area contributed by atoms with Gasteiger partial charge in [-0.15, -0.1) is 0 Å². The summed E-state index contributed by atoms with van der Waals surface area (Å²) in [7, 11) is 2.04. The van der Waals surface area contributed by atoms with Gasteiger partial charge in [0.15, 0.2) is 0 Å². The summed E-state index contributed by atoms with van der Waals surface area (Å²) in [4.78, 5) is 2.55. The minimum Gasteiger partial charge on any atom is -0.380 e. The van der Waals surface area contributed by atoms with Crippen LogP contribution in [-0.2, 0) is 17.7 Å². The van der Waals surface area contributed by atoms with Gasteiger partial charge in [-0.25, -0.2) is 0 Å². The zero-order valence-electron chi connectivity index (χ0n) is 13.1. The van der Waals surface area contributed by atoms with Gasteiger partial charge in [0.2, 0.25) is 0 Å². The Bertz CT molecular complexity index is 406. The van der Waals surface area contributed by atoms with Crippen molar-refractivity contribution in [1.29, 1.82) is 0 Å². The van der Waals surface area contributed by atoms with E-state index in [9.17, 15) is 0 Å². The number of hydrogen-bond donors (Lipinski definition) is 1. The summed E-state index contributed by atoms with van der Waals surface area (Å²) in [5.41, 5.74) is 2.98. The van der Waals surface area contributed by atoms with Gasteiger partial charge in [0.05, 0.1) is 6.61 Å². The summed E-state index contributed by atoms with van der Waals surface area (Å²) >= 11 is 0. The number of hydrogen-bond acceptors (Lipinski definition) is 3. The van der Waals surface area contributed by atoms with Crippen LogP contribution >= 0.6 is 0 Å². The second-order valence-corrected chi connectivity index (χ2v) is 6.12. The van der Waals surface area contributed by atoms with Crippen molar-refractivity contribution in [2.24, 2.45) is 5.92 Å². The molecule has 20 heavy (non-hydrogen) atoms. The van der Waals surface area contributed by atoms with E-state index in [-0.39, 0.29) is 0 Å². The first-order valence-corrected chi connectivity index (χ1v) is 7.74. The predicted octanol–water partition coefficient (Wildman–Crippen LogP) is 2.31. The van der Waals surface area contributed by atoms with Gasteiger partial charge in [-0.05, 0) is 30.5 Å². The van der Waals surface area contributed by atoms with E-state index < -0.39 is 0 Å². The monoisotopic (exact) mass is 276 g/mol.